The van der Waals surface area contributed by atoms with Crippen LogP contribution in [0.2, 0.25) is 0 Å². The maximum absolute atomic E-state index is 11.5. The Labute approximate surface area is 179 Å². The fourth-order valence-electron chi connectivity index (χ4n) is 4.85. The highest BCUT2D eigenvalue weighted by Crippen LogP contribution is 2.51. The molecule has 0 aliphatic carbocycles. The highest BCUT2D eigenvalue weighted by Gasteiger charge is 2.47. The minimum absolute atomic E-state index is 0.0383. The van der Waals surface area contributed by atoms with Gasteiger partial charge in [-0.2, -0.15) is 0 Å². The molecule has 0 bridgehead atoms. The highest BCUT2D eigenvalue weighted by atomic mass is 16.5. The molecule has 0 spiro atoms. The lowest BCUT2D eigenvalue weighted by atomic mass is 9.74. The van der Waals surface area contributed by atoms with Crippen molar-refractivity contribution >= 4 is 5.97 Å². The van der Waals surface area contributed by atoms with Crippen LogP contribution >= 0.6 is 0 Å². The third kappa shape index (κ3) is 4.54. The van der Waals surface area contributed by atoms with Gasteiger partial charge in [0.25, 0.3) is 0 Å². The summed E-state index contributed by atoms with van der Waals surface area (Å²) in [4.78, 5) is 11.5. The number of hydrogen-bond acceptors (Lipinski definition) is 4. The summed E-state index contributed by atoms with van der Waals surface area (Å²) in [6, 6.07) is 16.9. The number of aryl methyl sites for hydroxylation is 2. The predicted octanol–water partition coefficient (Wildman–Crippen LogP) is 5.43. The molecule has 4 rings (SSSR count). The minimum atomic E-state index is -0.254. The molecule has 0 unspecified atom stereocenters. The van der Waals surface area contributed by atoms with Crippen LogP contribution in [0.15, 0.2) is 48.5 Å². The van der Waals surface area contributed by atoms with Crippen LogP contribution < -0.4 is 4.74 Å². The fraction of sp³-hybridized carbons (Fsp3) is 0.500. The van der Waals surface area contributed by atoms with Gasteiger partial charge in [-0.1, -0.05) is 36.4 Å². The van der Waals surface area contributed by atoms with Crippen LogP contribution in [0.4, 0.5) is 0 Å². The Hall–Kier alpha value is -2.33. The van der Waals surface area contributed by atoms with E-state index in [1.54, 1.807) is 0 Å². The summed E-state index contributed by atoms with van der Waals surface area (Å²) in [7, 11) is 1.43. The van der Waals surface area contributed by atoms with Gasteiger partial charge >= 0.3 is 5.97 Å². The largest absolute Gasteiger partial charge is 0.487 e. The fourth-order valence-corrected chi connectivity index (χ4v) is 4.85. The molecule has 2 aliphatic rings. The van der Waals surface area contributed by atoms with Crippen molar-refractivity contribution in [3.05, 3.63) is 65.2 Å². The number of carbonyl (C=O) groups excluding carboxylic acids is 1. The average Bonchev–Trinajstić information content (AvgIpc) is 2.76. The Morgan fingerprint density at radius 3 is 2.63 bits per heavy atom. The molecular formula is C26H32O4. The summed E-state index contributed by atoms with van der Waals surface area (Å²) in [5.74, 6) is 1.05. The van der Waals surface area contributed by atoms with Crippen LogP contribution in [0.5, 0.6) is 5.75 Å². The van der Waals surface area contributed by atoms with E-state index >= 15 is 0 Å². The molecule has 0 radical (unpaired) electrons. The second-order valence-corrected chi connectivity index (χ2v) is 9.04. The Bertz CT molecular complexity index is 874. The molecule has 2 aromatic carbocycles. The van der Waals surface area contributed by atoms with Crippen LogP contribution in [0, 0.1) is 5.92 Å². The molecule has 2 aliphatic heterocycles. The topological polar surface area (TPSA) is 44.8 Å². The van der Waals surface area contributed by atoms with Crippen molar-refractivity contribution in [1.29, 1.82) is 0 Å². The minimum Gasteiger partial charge on any atom is -0.487 e. The lowest BCUT2D eigenvalue weighted by Gasteiger charge is -2.49. The quantitative estimate of drug-likeness (QED) is 0.598. The van der Waals surface area contributed by atoms with E-state index in [1.165, 1.54) is 12.7 Å². The van der Waals surface area contributed by atoms with Gasteiger partial charge < -0.3 is 14.2 Å². The van der Waals surface area contributed by atoms with E-state index in [0.717, 1.165) is 42.6 Å². The molecule has 3 atom stereocenters. The lowest BCUT2D eigenvalue weighted by molar-refractivity contribution is -0.150. The molecule has 0 amide bonds. The summed E-state index contributed by atoms with van der Waals surface area (Å²) in [6.07, 6.45) is 5.58. The molecule has 1 saturated heterocycles. The number of fused-ring (bicyclic) bond motifs is 3. The number of rotatable bonds is 6. The maximum Gasteiger partial charge on any atom is 0.305 e. The van der Waals surface area contributed by atoms with Gasteiger partial charge in [-0.25, -0.2) is 0 Å². The first kappa shape index (κ1) is 20.9. The monoisotopic (exact) mass is 408 g/mol. The SMILES string of the molecule is COC(=O)CCc1ccc2c(c1)[C@H]1O[C@@H](CCc3ccccc3)CC[C@@H]1C(C)(C)O2. The van der Waals surface area contributed by atoms with E-state index in [2.05, 4.69) is 50.2 Å². The lowest BCUT2D eigenvalue weighted by Crippen LogP contribution is -2.48. The van der Waals surface area contributed by atoms with Gasteiger partial charge in [-0.05, 0) is 69.2 Å². The molecule has 0 N–H and O–H groups in total. The third-order valence-electron chi connectivity index (χ3n) is 6.59. The molecule has 4 nitrogen and oxygen atoms in total. The molecular weight excluding hydrogens is 376 g/mol. The third-order valence-corrected chi connectivity index (χ3v) is 6.59. The van der Waals surface area contributed by atoms with Crippen LogP contribution in [0.25, 0.3) is 0 Å². The van der Waals surface area contributed by atoms with Crippen molar-refractivity contribution < 1.29 is 19.0 Å². The van der Waals surface area contributed by atoms with E-state index in [1.807, 2.05) is 12.1 Å². The Morgan fingerprint density at radius 1 is 1.07 bits per heavy atom. The molecule has 160 valence electrons. The number of hydrogen-bond donors (Lipinski definition) is 0. The van der Waals surface area contributed by atoms with Gasteiger partial charge in [0.05, 0.1) is 19.3 Å². The normalized spacial score (nSPS) is 24.3. The molecule has 1 fully saturated rings. The maximum atomic E-state index is 11.5. The average molecular weight is 409 g/mol. The van der Waals surface area contributed by atoms with Gasteiger partial charge in [0, 0.05) is 17.9 Å². The molecule has 2 heterocycles. The van der Waals surface area contributed by atoms with Gasteiger partial charge in [-0.3, -0.25) is 4.79 Å². The Kier molecular flexibility index (Phi) is 6.14. The summed E-state index contributed by atoms with van der Waals surface area (Å²) in [5.41, 5.74) is 3.36. The first-order valence-corrected chi connectivity index (χ1v) is 11.0. The molecule has 0 aromatic heterocycles. The van der Waals surface area contributed by atoms with E-state index < -0.39 is 0 Å². The molecule has 4 heteroatoms. The van der Waals surface area contributed by atoms with Crippen LogP contribution in [-0.2, 0) is 27.1 Å². The van der Waals surface area contributed by atoms with Crippen molar-refractivity contribution in [1.82, 2.24) is 0 Å². The van der Waals surface area contributed by atoms with Crippen molar-refractivity contribution in [3.63, 3.8) is 0 Å². The number of carbonyl (C=O) groups is 1. The zero-order chi connectivity index (χ0) is 21.1. The summed E-state index contributed by atoms with van der Waals surface area (Å²) < 4.78 is 17.9. The number of benzene rings is 2. The van der Waals surface area contributed by atoms with E-state index in [0.29, 0.717) is 18.8 Å². The van der Waals surface area contributed by atoms with Gasteiger partial charge in [0.15, 0.2) is 0 Å². The van der Waals surface area contributed by atoms with E-state index in [4.69, 9.17) is 14.2 Å². The van der Waals surface area contributed by atoms with Crippen LogP contribution in [0.3, 0.4) is 0 Å². The predicted molar refractivity (Wildman–Crippen MR) is 117 cm³/mol. The van der Waals surface area contributed by atoms with Crippen LogP contribution in [0.1, 0.15) is 62.3 Å². The zero-order valence-corrected chi connectivity index (χ0v) is 18.2. The van der Waals surface area contributed by atoms with Crippen molar-refractivity contribution in [2.45, 2.75) is 70.2 Å². The van der Waals surface area contributed by atoms with Crippen molar-refractivity contribution in [2.24, 2.45) is 5.92 Å². The van der Waals surface area contributed by atoms with Gasteiger partial charge in [0.1, 0.15) is 11.4 Å². The first-order valence-electron chi connectivity index (χ1n) is 11.0. The van der Waals surface area contributed by atoms with E-state index in [9.17, 15) is 4.79 Å². The van der Waals surface area contributed by atoms with Crippen molar-refractivity contribution in [2.75, 3.05) is 7.11 Å². The zero-order valence-electron chi connectivity index (χ0n) is 18.2. The summed E-state index contributed by atoms with van der Waals surface area (Å²) >= 11 is 0. The van der Waals surface area contributed by atoms with Gasteiger partial charge in [0.2, 0.25) is 0 Å². The summed E-state index contributed by atoms with van der Waals surface area (Å²) in [6.45, 7) is 4.35. The van der Waals surface area contributed by atoms with Gasteiger partial charge in [-0.15, -0.1) is 0 Å². The second kappa shape index (κ2) is 8.81. The number of methoxy groups -OCH3 is 1. The molecule has 30 heavy (non-hydrogen) atoms. The van der Waals surface area contributed by atoms with E-state index in [-0.39, 0.29) is 23.8 Å². The highest BCUT2D eigenvalue weighted by molar-refractivity contribution is 5.69. The first-order chi connectivity index (χ1) is 14.5. The molecule has 2 aromatic rings. The number of ether oxygens (including phenoxy) is 3. The summed E-state index contributed by atoms with van der Waals surface area (Å²) in [5, 5.41) is 0. The Balaban J connectivity index is 1.51. The second-order valence-electron chi connectivity index (χ2n) is 9.04. The standard InChI is InChI=1S/C26H32O4/c1-26(2)22-14-13-20(12-9-18-7-5-4-6-8-18)29-25(22)21-17-19(10-15-23(21)30-26)11-16-24(27)28-3/h4-8,10,15,17,20,22,25H,9,11-14,16H2,1-3H3/t20-,22-,25+/m0/s1. The van der Waals surface area contributed by atoms with Crippen molar-refractivity contribution in [3.8, 4) is 5.75 Å². The smallest absolute Gasteiger partial charge is 0.305 e. The number of esters is 1. The molecule has 0 saturated carbocycles. The Morgan fingerprint density at radius 2 is 1.87 bits per heavy atom. The van der Waals surface area contributed by atoms with Crippen LogP contribution in [-0.4, -0.2) is 24.8 Å².